The first kappa shape index (κ1) is 25.3. The van der Waals surface area contributed by atoms with Gasteiger partial charge in [0.25, 0.3) is 0 Å². The molecule has 0 aromatic rings. The molecular weight excluding hydrogens is 380 g/mol. The fourth-order valence-electron chi connectivity index (χ4n) is 1.89. The number of carbonyl (C=O) groups excluding carboxylic acids is 5. The number of esters is 3. The first-order chi connectivity index (χ1) is 13.2. The zero-order valence-electron chi connectivity index (χ0n) is 16.2. The maximum atomic E-state index is 12.2. The average molecular weight is 406 g/mol. The Kier molecular flexibility index (Phi) is 12.2. The summed E-state index contributed by atoms with van der Waals surface area (Å²) in [5, 5.41) is 10.5. The summed E-state index contributed by atoms with van der Waals surface area (Å²) < 4.78 is 22.2. The van der Waals surface area contributed by atoms with Crippen molar-refractivity contribution in [2.45, 2.75) is 58.5 Å². The van der Waals surface area contributed by atoms with Crippen LogP contribution in [0.5, 0.6) is 0 Å². The summed E-state index contributed by atoms with van der Waals surface area (Å²) in [6, 6.07) is 0. The maximum absolute atomic E-state index is 12.2. The summed E-state index contributed by atoms with van der Waals surface area (Å²) >= 11 is 0. The average Bonchev–Trinajstić information content (AvgIpc) is 2.58. The molecule has 0 fully saturated rings. The van der Waals surface area contributed by atoms with Crippen molar-refractivity contribution in [1.82, 2.24) is 0 Å². The van der Waals surface area contributed by atoms with Gasteiger partial charge in [-0.2, -0.15) is 0 Å². The van der Waals surface area contributed by atoms with Crippen molar-refractivity contribution in [2.75, 3.05) is 19.8 Å². The third-order valence-electron chi connectivity index (χ3n) is 3.15. The molecule has 0 radical (unpaired) electrons. The zero-order valence-corrected chi connectivity index (χ0v) is 16.2. The molecule has 0 atom stereocenters. The number of unbranched alkanes of at least 4 members (excludes halogenated alkanes) is 2. The second kappa shape index (κ2) is 13.5. The highest BCUT2D eigenvalue weighted by molar-refractivity contribution is 5.93. The maximum Gasteiger partial charge on any atom is 0.516 e. The van der Waals surface area contributed by atoms with E-state index < -0.39 is 48.7 Å². The lowest BCUT2D eigenvalue weighted by Crippen LogP contribution is -2.45. The van der Waals surface area contributed by atoms with Crippen molar-refractivity contribution in [1.29, 1.82) is 0 Å². The van der Waals surface area contributed by atoms with Gasteiger partial charge in [0, 0.05) is 0 Å². The molecule has 0 aromatic heterocycles. The van der Waals surface area contributed by atoms with Gasteiger partial charge in [0.2, 0.25) is 0 Å². The van der Waals surface area contributed by atoms with Crippen molar-refractivity contribution >= 4 is 30.2 Å². The van der Waals surface area contributed by atoms with Crippen LogP contribution in [0.2, 0.25) is 0 Å². The standard InChI is InChI=1S/C17H26O11/c1-4-7-8-9-26-14(20)17(23,10-12(18)27-15(21)24-5-2)11-13(19)28-16(22)25-6-3/h23H,4-11H2,1-3H3. The normalized spacial score (nSPS) is 10.6. The van der Waals surface area contributed by atoms with Crippen molar-refractivity contribution in [3.05, 3.63) is 0 Å². The second-order valence-corrected chi connectivity index (χ2v) is 5.54. The van der Waals surface area contributed by atoms with Gasteiger partial charge in [0.05, 0.1) is 32.7 Å². The van der Waals surface area contributed by atoms with Gasteiger partial charge < -0.3 is 28.8 Å². The molecule has 0 unspecified atom stereocenters. The SMILES string of the molecule is CCCCCOC(=O)C(O)(CC(=O)OC(=O)OCC)CC(=O)OC(=O)OCC. The van der Waals surface area contributed by atoms with Crippen LogP contribution < -0.4 is 0 Å². The molecule has 11 nitrogen and oxygen atoms in total. The second-order valence-electron chi connectivity index (χ2n) is 5.54. The molecule has 0 spiro atoms. The Morgan fingerprint density at radius 1 is 0.750 bits per heavy atom. The van der Waals surface area contributed by atoms with Crippen LogP contribution in [-0.4, -0.2) is 60.7 Å². The summed E-state index contributed by atoms with van der Waals surface area (Å²) in [5.74, 6) is -3.98. The number of aliphatic hydroxyl groups is 1. The van der Waals surface area contributed by atoms with E-state index in [4.69, 9.17) is 4.74 Å². The van der Waals surface area contributed by atoms with E-state index in [1.807, 2.05) is 6.92 Å². The van der Waals surface area contributed by atoms with E-state index in [0.717, 1.165) is 12.8 Å². The fraction of sp³-hybridized carbons (Fsp3) is 0.706. The van der Waals surface area contributed by atoms with Gasteiger partial charge in [-0.05, 0) is 20.3 Å². The van der Waals surface area contributed by atoms with E-state index in [1.165, 1.54) is 13.8 Å². The van der Waals surface area contributed by atoms with Crippen LogP contribution in [0, 0.1) is 0 Å². The molecule has 28 heavy (non-hydrogen) atoms. The van der Waals surface area contributed by atoms with Crippen LogP contribution in [0.1, 0.15) is 52.9 Å². The minimum absolute atomic E-state index is 0.0607. The van der Waals surface area contributed by atoms with Crippen LogP contribution in [0.25, 0.3) is 0 Å². The van der Waals surface area contributed by atoms with Gasteiger partial charge in [0.15, 0.2) is 5.60 Å². The molecule has 0 heterocycles. The minimum Gasteiger partial charge on any atom is -0.464 e. The number of hydrogen-bond donors (Lipinski definition) is 1. The third-order valence-corrected chi connectivity index (χ3v) is 3.15. The van der Waals surface area contributed by atoms with Gasteiger partial charge in [-0.3, -0.25) is 9.59 Å². The Labute approximate surface area is 162 Å². The Hall–Kier alpha value is -2.69. The minimum atomic E-state index is -2.71. The summed E-state index contributed by atoms with van der Waals surface area (Å²) in [5.41, 5.74) is -2.71. The van der Waals surface area contributed by atoms with E-state index in [2.05, 4.69) is 18.9 Å². The number of hydrogen-bond acceptors (Lipinski definition) is 11. The molecule has 0 aliphatic rings. The van der Waals surface area contributed by atoms with Gasteiger partial charge in [-0.15, -0.1) is 0 Å². The number of carbonyl (C=O) groups is 5. The topological polar surface area (TPSA) is 152 Å². The molecule has 0 aliphatic carbocycles. The molecule has 1 N–H and O–H groups in total. The van der Waals surface area contributed by atoms with E-state index in [9.17, 15) is 29.1 Å². The molecule has 0 bridgehead atoms. The molecule has 0 saturated heterocycles. The van der Waals surface area contributed by atoms with E-state index >= 15 is 0 Å². The molecule has 160 valence electrons. The summed E-state index contributed by atoms with van der Waals surface area (Å²) in [6.45, 7) is 4.68. The molecule has 0 amide bonds. The largest absolute Gasteiger partial charge is 0.516 e. The highest BCUT2D eigenvalue weighted by atomic mass is 16.7. The number of ether oxygens (including phenoxy) is 5. The molecule has 0 saturated carbocycles. The van der Waals surface area contributed by atoms with Gasteiger partial charge in [0.1, 0.15) is 0 Å². The quantitative estimate of drug-likeness (QED) is 0.230. The molecule has 0 rings (SSSR count). The monoisotopic (exact) mass is 406 g/mol. The Balaban J connectivity index is 5.09. The van der Waals surface area contributed by atoms with Crippen molar-refractivity contribution in [3.8, 4) is 0 Å². The lowest BCUT2D eigenvalue weighted by molar-refractivity contribution is -0.176. The number of rotatable bonds is 11. The molecule has 0 aliphatic heterocycles. The Morgan fingerprint density at radius 2 is 1.21 bits per heavy atom. The highest BCUT2D eigenvalue weighted by Gasteiger charge is 2.44. The van der Waals surface area contributed by atoms with Crippen LogP contribution in [0.15, 0.2) is 0 Å². The predicted octanol–water partition coefficient (Wildman–Crippen LogP) is 1.63. The third kappa shape index (κ3) is 10.5. The lowest BCUT2D eigenvalue weighted by Gasteiger charge is -2.23. The first-order valence-corrected chi connectivity index (χ1v) is 8.82. The van der Waals surface area contributed by atoms with Crippen LogP contribution in [-0.2, 0) is 38.1 Å². The Bertz CT molecular complexity index is 521. The molecule has 11 heteroatoms. The summed E-state index contributed by atoms with van der Waals surface area (Å²) in [7, 11) is 0. The van der Waals surface area contributed by atoms with Crippen LogP contribution >= 0.6 is 0 Å². The zero-order chi connectivity index (χ0) is 21.6. The Morgan fingerprint density at radius 3 is 1.61 bits per heavy atom. The van der Waals surface area contributed by atoms with Crippen LogP contribution in [0.3, 0.4) is 0 Å². The summed E-state index contributed by atoms with van der Waals surface area (Å²) in [4.78, 5) is 58.1. The summed E-state index contributed by atoms with van der Waals surface area (Å²) in [6.07, 6.45) is -2.77. The van der Waals surface area contributed by atoms with Gasteiger partial charge in [-0.25, -0.2) is 14.4 Å². The molecular formula is C17H26O11. The van der Waals surface area contributed by atoms with Crippen LogP contribution in [0.4, 0.5) is 9.59 Å². The van der Waals surface area contributed by atoms with Crippen molar-refractivity contribution in [2.24, 2.45) is 0 Å². The van der Waals surface area contributed by atoms with Crippen molar-refractivity contribution in [3.63, 3.8) is 0 Å². The smallest absolute Gasteiger partial charge is 0.464 e. The molecule has 0 aromatic carbocycles. The van der Waals surface area contributed by atoms with E-state index in [1.54, 1.807) is 0 Å². The van der Waals surface area contributed by atoms with Crippen molar-refractivity contribution < 1.29 is 52.8 Å². The van der Waals surface area contributed by atoms with E-state index in [0.29, 0.717) is 6.42 Å². The fourth-order valence-corrected chi connectivity index (χ4v) is 1.89. The highest BCUT2D eigenvalue weighted by Crippen LogP contribution is 2.20. The lowest BCUT2D eigenvalue weighted by atomic mass is 9.95. The predicted molar refractivity (Wildman–Crippen MR) is 90.9 cm³/mol. The van der Waals surface area contributed by atoms with Gasteiger partial charge in [-0.1, -0.05) is 19.8 Å². The first-order valence-electron chi connectivity index (χ1n) is 8.82. The van der Waals surface area contributed by atoms with Gasteiger partial charge >= 0.3 is 30.2 Å². The van der Waals surface area contributed by atoms with E-state index in [-0.39, 0.29) is 19.8 Å².